The third-order valence-corrected chi connectivity index (χ3v) is 3.62. The van der Waals surface area contributed by atoms with Crippen molar-refractivity contribution < 1.29 is 13.9 Å². The lowest BCUT2D eigenvalue weighted by atomic mass is 9.88. The standard InChI is InChI=1S/C13H15ClFNO2/c1-8-4-2-3-5-11(8)18-13(17)10-6-9(15)7-16-12(10)14/h6-8,11H,2-5H2,1H3. The Morgan fingerprint density at radius 3 is 2.94 bits per heavy atom. The molecule has 0 aromatic carbocycles. The molecule has 1 aromatic rings. The predicted octanol–water partition coefficient (Wildman–Crippen LogP) is 3.61. The number of hydrogen-bond acceptors (Lipinski definition) is 3. The maximum atomic E-state index is 13.0. The van der Waals surface area contributed by atoms with E-state index in [9.17, 15) is 9.18 Å². The number of carbonyl (C=O) groups excluding carboxylic acids is 1. The van der Waals surface area contributed by atoms with Crippen LogP contribution in [0, 0.1) is 11.7 Å². The molecule has 0 radical (unpaired) electrons. The fraction of sp³-hybridized carbons (Fsp3) is 0.538. The fourth-order valence-electron chi connectivity index (χ4n) is 2.22. The first-order valence-electron chi connectivity index (χ1n) is 6.10. The number of halogens is 2. The second-order valence-electron chi connectivity index (χ2n) is 4.70. The van der Waals surface area contributed by atoms with Crippen molar-refractivity contribution >= 4 is 17.6 Å². The average molecular weight is 272 g/mol. The molecule has 1 heterocycles. The van der Waals surface area contributed by atoms with Crippen molar-refractivity contribution in [1.82, 2.24) is 4.98 Å². The maximum Gasteiger partial charge on any atom is 0.341 e. The number of esters is 1. The molecule has 1 aliphatic carbocycles. The molecule has 2 rings (SSSR count). The van der Waals surface area contributed by atoms with Gasteiger partial charge in [-0.25, -0.2) is 14.2 Å². The maximum absolute atomic E-state index is 13.0. The molecule has 1 saturated carbocycles. The van der Waals surface area contributed by atoms with Gasteiger partial charge in [-0.1, -0.05) is 24.9 Å². The highest BCUT2D eigenvalue weighted by Gasteiger charge is 2.26. The zero-order valence-corrected chi connectivity index (χ0v) is 10.9. The summed E-state index contributed by atoms with van der Waals surface area (Å²) >= 11 is 5.77. The van der Waals surface area contributed by atoms with Crippen LogP contribution in [0.15, 0.2) is 12.3 Å². The highest BCUT2D eigenvalue weighted by atomic mass is 35.5. The molecule has 1 aliphatic rings. The van der Waals surface area contributed by atoms with E-state index in [0.717, 1.165) is 37.9 Å². The van der Waals surface area contributed by atoms with Gasteiger partial charge in [0.25, 0.3) is 0 Å². The van der Waals surface area contributed by atoms with Gasteiger partial charge >= 0.3 is 5.97 Å². The molecule has 3 nitrogen and oxygen atoms in total. The van der Waals surface area contributed by atoms with Gasteiger partial charge in [0.15, 0.2) is 0 Å². The zero-order chi connectivity index (χ0) is 13.1. The Kier molecular flexibility index (Phi) is 4.17. The van der Waals surface area contributed by atoms with Crippen LogP contribution in [0.5, 0.6) is 0 Å². The summed E-state index contributed by atoms with van der Waals surface area (Å²) in [6.07, 6.45) is 4.99. The molecule has 98 valence electrons. The molecule has 0 aliphatic heterocycles. The summed E-state index contributed by atoms with van der Waals surface area (Å²) in [5, 5.41) is -0.0233. The van der Waals surface area contributed by atoms with E-state index in [2.05, 4.69) is 11.9 Å². The summed E-state index contributed by atoms with van der Waals surface area (Å²) in [6.45, 7) is 2.06. The molecule has 1 aromatic heterocycles. The Labute approximate surface area is 110 Å². The molecule has 18 heavy (non-hydrogen) atoms. The van der Waals surface area contributed by atoms with E-state index in [0.29, 0.717) is 5.92 Å². The Balaban J connectivity index is 2.09. The molecule has 5 heteroatoms. The van der Waals surface area contributed by atoms with Crippen molar-refractivity contribution in [2.75, 3.05) is 0 Å². The van der Waals surface area contributed by atoms with E-state index in [1.165, 1.54) is 0 Å². The van der Waals surface area contributed by atoms with Gasteiger partial charge in [-0.05, 0) is 31.2 Å². The SMILES string of the molecule is CC1CCCCC1OC(=O)c1cc(F)cnc1Cl. The Bertz CT molecular complexity index is 453. The van der Waals surface area contributed by atoms with Gasteiger partial charge in [-0.2, -0.15) is 0 Å². The van der Waals surface area contributed by atoms with Crippen molar-refractivity contribution in [3.63, 3.8) is 0 Å². The first kappa shape index (κ1) is 13.3. The van der Waals surface area contributed by atoms with E-state index in [1.54, 1.807) is 0 Å². The molecule has 0 bridgehead atoms. The highest BCUT2D eigenvalue weighted by molar-refractivity contribution is 6.32. The monoisotopic (exact) mass is 271 g/mol. The lowest BCUT2D eigenvalue weighted by Crippen LogP contribution is -2.28. The van der Waals surface area contributed by atoms with Crippen LogP contribution in [0.1, 0.15) is 43.0 Å². The number of hydrogen-bond donors (Lipinski definition) is 0. The normalized spacial score (nSPS) is 23.7. The van der Waals surface area contributed by atoms with Crippen molar-refractivity contribution in [1.29, 1.82) is 0 Å². The predicted molar refractivity (Wildman–Crippen MR) is 66.0 cm³/mol. The Morgan fingerprint density at radius 2 is 2.22 bits per heavy atom. The van der Waals surface area contributed by atoms with Gasteiger partial charge in [-0.15, -0.1) is 0 Å². The Morgan fingerprint density at radius 1 is 1.50 bits per heavy atom. The van der Waals surface area contributed by atoms with Crippen LogP contribution in [-0.2, 0) is 4.74 Å². The van der Waals surface area contributed by atoms with E-state index >= 15 is 0 Å². The van der Waals surface area contributed by atoms with Crippen LogP contribution >= 0.6 is 11.6 Å². The van der Waals surface area contributed by atoms with E-state index < -0.39 is 11.8 Å². The average Bonchev–Trinajstić information content (AvgIpc) is 2.35. The second-order valence-corrected chi connectivity index (χ2v) is 5.06. The summed E-state index contributed by atoms with van der Waals surface area (Å²) in [7, 11) is 0. The quantitative estimate of drug-likeness (QED) is 0.609. The van der Waals surface area contributed by atoms with Crippen LogP contribution in [0.4, 0.5) is 4.39 Å². The largest absolute Gasteiger partial charge is 0.458 e. The third kappa shape index (κ3) is 2.99. The van der Waals surface area contributed by atoms with Crippen molar-refractivity contribution in [3.05, 3.63) is 28.8 Å². The molecule has 2 atom stereocenters. The zero-order valence-electron chi connectivity index (χ0n) is 10.2. The molecule has 2 unspecified atom stereocenters. The number of aromatic nitrogens is 1. The molecular weight excluding hydrogens is 257 g/mol. The van der Waals surface area contributed by atoms with Crippen molar-refractivity contribution in [3.8, 4) is 0 Å². The summed E-state index contributed by atoms with van der Waals surface area (Å²) in [5.41, 5.74) is -0.00515. The van der Waals surface area contributed by atoms with Crippen LogP contribution in [-0.4, -0.2) is 17.1 Å². The summed E-state index contributed by atoms with van der Waals surface area (Å²) in [6, 6.07) is 1.06. The summed E-state index contributed by atoms with van der Waals surface area (Å²) in [4.78, 5) is 15.5. The minimum atomic E-state index is -0.594. The molecule has 0 spiro atoms. The smallest absolute Gasteiger partial charge is 0.341 e. The van der Waals surface area contributed by atoms with E-state index in [4.69, 9.17) is 16.3 Å². The van der Waals surface area contributed by atoms with Gasteiger partial charge in [0.2, 0.25) is 0 Å². The lowest BCUT2D eigenvalue weighted by Gasteiger charge is -2.28. The van der Waals surface area contributed by atoms with Crippen molar-refractivity contribution in [2.45, 2.75) is 38.7 Å². The van der Waals surface area contributed by atoms with E-state index in [-0.39, 0.29) is 16.8 Å². The highest BCUT2D eigenvalue weighted by Crippen LogP contribution is 2.27. The van der Waals surface area contributed by atoms with Gasteiger partial charge < -0.3 is 4.74 Å². The second kappa shape index (κ2) is 5.65. The third-order valence-electron chi connectivity index (χ3n) is 3.32. The van der Waals surface area contributed by atoms with Gasteiger partial charge in [0.1, 0.15) is 17.1 Å². The van der Waals surface area contributed by atoms with Crippen LogP contribution in [0.25, 0.3) is 0 Å². The first-order chi connectivity index (χ1) is 8.58. The van der Waals surface area contributed by atoms with Gasteiger partial charge in [-0.3, -0.25) is 0 Å². The number of pyridine rings is 1. The van der Waals surface area contributed by atoms with Crippen LogP contribution in [0.2, 0.25) is 5.15 Å². The minimum absolute atomic E-state index is 0.00515. The Hall–Kier alpha value is -1.16. The molecule has 0 amide bonds. The van der Waals surface area contributed by atoms with E-state index in [1.807, 2.05) is 0 Å². The summed E-state index contributed by atoms with van der Waals surface area (Å²) in [5.74, 6) is -0.850. The number of ether oxygens (including phenoxy) is 1. The summed E-state index contributed by atoms with van der Waals surface area (Å²) < 4.78 is 18.4. The number of carbonyl (C=O) groups is 1. The van der Waals surface area contributed by atoms with Crippen molar-refractivity contribution in [2.24, 2.45) is 5.92 Å². The number of rotatable bonds is 2. The molecule has 0 N–H and O–H groups in total. The van der Waals surface area contributed by atoms with Gasteiger partial charge in [0, 0.05) is 0 Å². The number of nitrogens with zero attached hydrogens (tertiary/aromatic N) is 1. The van der Waals surface area contributed by atoms with Crippen LogP contribution < -0.4 is 0 Å². The fourth-order valence-corrected chi connectivity index (χ4v) is 2.40. The van der Waals surface area contributed by atoms with Gasteiger partial charge in [0.05, 0.1) is 11.8 Å². The first-order valence-corrected chi connectivity index (χ1v) is 6.47. The molecule has 0 saturated heterocycles. The minimum Gasteiger partial charge on any atom is -0.458 e. The lowest BCUT2D eigenvalue weighted by molar-refractivity contribution is 0.00474. The van der Waals surface area contributed by atoms with Crippen LogP contribution in [0.3, 0.4) is 0 Å². The molecule has 1 fully saturated rings. The molecular formula is C13H15ClFNO2. The topological polar surface area (TPSA) is 39.2 Å².